The molecule has 8 nitrogen and oxygen atoms in total. The molecule has 1 aromatic heterocycles. The van der Waals surface area contributed by atoms with Gasteiger partial charge in [0, 0.05) is 35.3 Å². The van der Waals surface area contributed by atoms with E-state index in [-0.39, 0.29) is 21.3 Å². The zero-order chi connectivity index (χ0) is 22.1. The number of carbonyl (C=O) groups is 1. The molecular weight excluding hydrogens is 450 g/mol. The van der Waals surface area contributed by atoms with Crippen LogP contribution in [0.3, 0.4) is 0 Å². The van der Waals surface area contributed by atoms with Crippen molar-refractivity contribution in [1.82, 2.24) is 4.31 Å². The lowest BCUT2D eigenvalue weighted by atomic mass is 10.2. The van der Waals surface area contributed by atoms with Crippen LogP contribution < -0.4 is 5.32 Å². The fourth-order valence-corrected chi connectivity index (χ4v) is 5.50. The molecule has 1 N–H and O–H groups in total. The Labute approximate surface area is 182 Å². The van der Waals surface area contributed by atoms with Crippen LogP contribution >= 0.6 is 22.9 Å². The molecule has 0 aliphatic heterocycles. The molecule has 0 atom stereocenters. The summed E-state index contributed by atoms with van der Waals surface area (Å²) in [5, 5.41) is 14.3. The number of amides is 1. The molecule has 1 amide bonds. The smallest absolute Gasteiger partial charge is 0.270 e. The van der Waals surface area contributed by atoms with E-state index in [1.54, 1.807) is 26.0 Å². The minimum Gasteiger partial charge on any atom is -0.320 e. The van der Waals surface area contributed by atoms with Crippen molar-refractivity contribution in [3.63, 3.8) is 0 Å². The highest BCUT2D eigenvalue weighted by atomic mass is 35.5. The highest BCUT2D eigenvalue weighted by molar-refractivity contribution is 7.89. The van der Waals surface area contributed by atoms with Crippen molar-refractivity contribution in [3.8, 4) is 0 Å². The number of anilines is 1. The first-order chi connectivity index (χ1) is 14.2. The summed E-state index contributed by atoms with van der Waals surface area (Å²) in [6, 6.07) is 10.0. The lowest BCUT2D eigenvalue weighted by Crippen LogP contribution is -2.30. The van der Waals surface area contributed by atoms with E-state index in [1.165, 1.54) is 46.0 Å². The molecule has 0 spiro atoms. The SMILES string of the molecule is CCN(CC)S(=O)(=O)c1ccc(Cl)c(NC(=O)c2cc3cc([N+](=O)[O-])ccc3s2)c1. The first-order valence-electron chi connectivity index (χ1n) is 8.96. The van der Waals surface area contributed by atoms with E-state index < -0.39 is 20.9 Å². The number of halogens is 1. The average molecular weight is 468 g/mol. The van der Waals surface area contributed by atoms with Crippen molar-refractivity contribution in [2.45, 2.75) is 18.7 Å². The average Bonchev–Trinajstić information content (AvgIpc) is 3.13. The third-order valence-corrected chi connectivity index (χ3v) is 7.95. The van der Waals surface area contributed by atoms with Crippen molar-refractivity contribution >= 4 is 60.3 Å². The maximum atomic E-state index is 12.7. The Morgan fingerprint density at radius 1 is 1.17 bits per heavy atom. The third kappa shape index (κ3) is 4.31. The molecule has 0 saturated heterocycles. The molecule has 1 heterocycles. The molecule has 0 aliphatic carbocycles. The Morgan fingerprint density at radius 3 is 2.50 bits per heavy atom. The van der Waals surface area contributed by atoms with Gasteiger partial charge in [0.25, 0.3) is 11.6 Å². The second-order valence-electron chi connectivity index (χ2n) is 6.27. The highest BCUT2D eigenvalue weighted by Crippen LogP contribution is 2.31. The predicted octanol–water partition coefficient (Wildman–Crippen LogP) is 4.75. The zero-order valence-electron chi connectivity index (χ0n) is 16.1. The molecule has 0 saturated carbocycles. The zero-order valence-corrected chi connectivity index (χ0v) is 18.5. The molecule has 0 bridgehead atoms. The van der Waals surface area contributed by atoms with Gasteiger partial charge in [0.1, 0.15) is 0 Å². The maximum absolute atomic E-state index is 12.7. The number of nitrogens with zero attached hydrogens (tertiary/aromatic N) is 2. The Morgan fingerprint density at radius 2 is 1.87 bits per heavy atom. The maximum Gasteiger partial charge on any atom is 0.270 e. The number of non-ortho nitro benzene ring substituents is 1. The van der Waals surface area contributed by atoms with Gasteiger partial charge < -0.3 is 5.32 Å². The Hall–Kier alpha value is -2.53. The molecule has 0 aliphatic rings. The second-order valence-corrected chi connectivity index (χ2v) is 9.70. The molecule has 3 rings (SSSR count). The normalized spacial score (nSPS) is 11.7. The van der Waals surface area contributed by atoms with E-state index in [9.17, 15) is 23.3 Å². The molecule has 0 fully saturated rings. The highest BCUT2D eigenvalue weighted by Gasteiger charge is 2.23. The minimum absolute atomic E-state index is 0.0258. The number of rotatable bonds is 7. The minimum atomic E-state index is -3.71. The lowest BCUT2D eigenvalue weighted by molar-refractivity contribution is -0.384. The van der Waals surface area contributed by atoms with Crippen molar-refractivity contribution in [2.24, 2.45) is 0 Å². The van der Waals surface area contributed by atoms with Gasteiger partial charge >= 0.3 is 0 Å². The molecule has 3 aromatic rings. The number of nitrogens with one attached hydrogen (secondary N) is 1. The monoisotopic (exact) mass is 467 g/mol. The van der Waals surface area contributed by atoms with Crippen LogP contribution in [0.15, 0.2) is 47.4 Å². The molecule has 30 heavy (non-hydrogen) atoms. The summed E-state index contributed by atoms with van der Waals surface area (Å²) in [5.41, 5.74) is 0.1000. The number of benzene rings is 2. The molecule has 11 heteroatoms. The van der Waals surface area contributed by atoms with Gasteiger partial charge in [-0.05, 0) is 30.3 Å². The Kier molecular flexibility index (Phi) is 6.41. The third-order valence-electron chi connectivity index (χ3n) is 4.46. The summed E-state index contributed by atoms with van der Waals surface area (Å²) in [6.45, 7) is 4.12. The van der Waals surface area contributed by atoms with Gasteiger partial charge in [0.2, 0.25) is 10.0 Å². The largest absolute Gasteiger partial charge is 0.320 e. The van der Waals surface area contributed by atoms with Crippen LogP contribution in [0.1, 0.15) is 23.5 Å². The topological polar surface area (TPSA) is 110 Å². The van der Waals surface area contributed by atoms with Crippen LogP contribution in [0.5, 0.6) is 0 Å². The number of nitro benzene ring substituents is 1. The summed E-state index contributed by atoms with van der Waals surface area (Å²) in [4.78, 5) is 23.5. The standard InChI is InChI=1S/C19H18ClN3O5S2/c1-3-22(4-2)30(27,28)14-6-7-15(20)16(11-14)21-19(24)18-10-12-9-13(23(25)26)5-8-17(12)29-18/h5-11H,3-4H2,1-2H3,(H,21,24). The lowest BCUT2D eigenvalue weighted by Gasteiger charge is -2.19. The van der Waals surface area contributed by atoms with Crippen LogP contribution in [0, 0.1) is 10.1 Å². The number of sulfonamides is 1. The van der Waals surface area contributed by atoms with E-state index >= 15 is 0 Å². The summed E-state index contributed by atoms with van der Waals surface area (Å²) in [5.74, 6) is -0.488. The fourth-order valence-electron chi connectivity index (χ4n) is 2.91. The van der Waals surface area contributed by atoms with E-state index in [0.717, 1.165) is 4.70 Å². The van der Waals surface area contributed by atoms with Crippen LogP contribution in [-0.2, 0) is 10.0 Å². The van der Waals surface area contributed by atoms with Crippen molar-refractivity contribution in [3.05, 3.63) is 62.5 Å². The van der Waals surface area contributed by atoms with E-state index in [4.69, 9.17) is 11.6 Å². The van der Waals surface area contributed by atoms with Crippen molar-refractivity contribution in [1.29, 1.82) is 0 Å². The van der Waals surface area contributed by atoms with E-state index in [0.29, 0.717) is 23.4 Å². The van der Waals surface area contributed by atoms with E-state index in [2.05, 4.69) is 5.32 Å². The number of thiophene rings is 1. The predicted molar refractivity (Wildman–Crippen MR) is 118 cm³/mol. The van der Waals surface area contributed by atoms with Gasteiger partial charge in [-0.15, -0.1) is 11.3 Å². The van der Waals surface area contributed by atoms with Crippen LogP contribution in [0.4, 0.5) is 11.4 Å². The summed E-state index contributed by atoms with van der Waals surface area (Å²) in [6.07, 6.45) is 0. The van der Waals surface area contributed by atoms with Crippen LogP contribution in [0.25, 0.3) is 10.1 Å². The van der Waals surface area contributed by atoms with Crippen LogP contribution in [0.2, 0.25) is 5.02 Å². The first kappa shape index (κ1) is 22.2. The number of nitro groups is 1. The van der Waals surface area contributed by atoms with Gasteiger partial charge in [0.05, 0.1) is 25.4 Å². The van der Waals surface area contributed by atoms with Gasteiger partial charge in [0.15, 0.2) is 0 Å². The van der Waals surface area contributed by atoms with Crippen molar-refractivity contribution < 1.29 is 18.1 Å². The fraction of sp³-hybridized carbons (Fsp3) is 0.211. The number of hydrogen-bond donors (Lipinski definition) is 1. The van der Waals surface area contributed by atoms with Gasteiger partial charge in [-0.2, -0.15) is 4.31 Å². The molecule has 2 aromatic carbocycles. The van der Waals surface area contributed by atoms with Crippen LogP contribution in [-0.4, -0.2) is 36.6 Å². The molecule has 158 valence electrons. The molecular formula is C19H18ClN3O5S2. The summed E-state index contributed by atoms with van der Waals surface area (Å²) >= 11 is 7.33. The second kappa shape index (κ2) is 8.68. The quantitative estimate of drug-likeness (QED) is 0.398. The van der Waals surface area contributed by atoms with Gasteiger partial charge in [-0.1, -0.05) is 25.4 Å². The Balaban J connectivity index is 1.91. The number of hydrogen-bond acceptors (Lipinski definition) is 6. The summed E-state index contributed by atoms with van der Waals surface area (Å²) in [7, 11) is -3.71. The Bertz CT molecular complexity index is 1240. The summed E-state index contributed by atoms with van der Waals surface area (Å²) < 4.78 is 27.5. The van der Waals surface area contributed by atoms with Gasteiger partial charge in [-0.3, -0.25) is 14.9 Å². The van der Waals surface area contributed by atoms with Crippen molar-refractivity contribution in [2.75, 3.05) is 18.4 Å². The number of fused-ring (bicyclic) bond motifs is 1. The first-order valence-corrected chi connectivity index (χ1v) is 11.6. The molecule has 0 radical (unpaired) electrons. The van der Waals surface area contributed by atoms with Gasteiger partial charge in [-0.25, -0.2) is 8.42 Å². The molecule has 0 unspecified atom stereocenters. The number of carbonyl (C=O) groups excluding carboxylic acids is 1. The van der Waals surface area contributed by atoms with E-state index in [1.807, 2.05) is 0 Å².